The number of piperidine rings is 1. The van der Waals surface area contributed by atoms with Gasteiger partial charge in [-0.15, -0.1) is 0 Å². The molecule has 0 aliphatic carbocycles. The van der Waals surface area contributed by atoms with Gasteiger partial charge in [-0.05, 0) is 38.3 Å². The molecule has 1 fully saturated rings. The summed E-state index contributed by atoms with van der Waals surface area (Å²) in [5, 5.41) is 0. The van der Waals surface area contributed by atoms with Gasteiger partial charge in [0.1, 0.15) is 17.4 Å². The topological polar surface area (TPSA) is 20.3 Å². The number of hydrogen-bond donors (Lipinski definition) is 0. The predicted octanol–water partition coefficient (Wildman–Crippen LogP) is 3.09. The fraction of sp³-hybridized carbons (Fsp3) is 0.500. The third kappa shape index (κ3) is 2.86. The third-order valence-corrected chi connectivity index (χ3v) is 3.27. The van der Waals surface area contributed by atoms with Crippen LogP contribution >= 0.6 is 0 Å². The Labute approximate surface area is 106 Å². The molecule has 0 unspecified atom stereocenters. The highest BCUT2D eigenvalue weighted by atomic mass is 19.1. The Bertz CT molecular complexity index is 430. The SMILES string of the molecule is CC(=O)Cc1c(F)cc(N2CCCCC2)cc1F. The summed E-state index contributed by atoms with van der Waals surface area (Å²) in [6.07, 6.45) is 3.10. The van der Waals surface area contributed by atoms with Crippen LogP contribution in [-0.2, 0) is 11.2 Å². The van der Waals surface area contributed by atoms with E-state index in [1.165, 1.54) is 25.5 Å². The van der Waals surface area contributed by atoms with Crippen molar-refractivity contribution >= 4 is 11.5 Å². The van der Waals surface area contributed by atoms with Crippen molar-refractivity contribution in [2.45, 2.75) is 32.6 Å². The summed E-state index contributed by atoms with van der Waals surface area (Å²) >= 11 is 0. The Hall–Kier alpha value is -1.45. The molecule has 98 valence electrons. The second-order valence-corrected chi connectivity index (χ2v) is 4.81. The second-order valence-electron chi connectivity index (χ2n) is 4.81. The fourth-order valence-electron chi connectivity index (χ4n) is 2.34. The van der Waals surface area contributed by atoms with Gasteiger partial charge >= 0.3 is 0 Å². The average Bonchev–Trinajstić information content (AvgIpc) is 2.34. The smallest absolute Gasteiger partial charge is 0.134 e. The van der Waals surface area contributed by atoms with Gasteiger partial charge < -0.3 is 4.90 Å². The molecule has 18 heavy (non-hydrogen) atoms. The maximum atomic E-state index is 13.8. The Morgan fingerprint density at radius 1 is 1.17 bits per heavy atom. The molecule has 0 saturated carbocycles. The first-order valence-electron chi connectivity index (χ1n) is 6.30. The van der Waals surface area contributed by atoms with Crippen LogP contribution in [0.25, 0.3) is 0 Å². The number of hydrogen-bond acceptors (Lipinski definition) is 2. The third-order valence-electron chi connectivity index (χ3n) is 3.27. The van der Waals surface area contributed by atoms with Gasteiger partial charge in [0.25, 0.3) is 0 Å². The molecule has 0 amide bonds. The largest absolute Gasteiger partial charge is 0.371 e. The van der Waals surface area contributed by atoms with Gasteiger partial charge in [0.15, 0.2) is 0 Å². The number of carbonyl (C=O) groups is 1. The van der Waals surface area contributed by atoms with Crippen LogP contribution in [0.5, 0.6) is 0 Å². The highest BCUT2D eigenvalue weighted by Crippen LogP contribution is 2.25. The summed E-state index contributed by atoms with van der Waals surface area (Å²) in [5.41, 5.74) is 0.459. The molecule has 0 aromatic heterocycles. The van der Waals surface area contributed by atoms with E-state index >= 15 is 0 Å². The van der Waals surface area contributed by atoms with Crippen LogP contribution in [-0.4, -0.2) is 18.9 Å². The van der Waals surface area contributed by atoms with Crippen LogP contribution in [0.3, 0.4) is 0 Å². The maximum absolute atomic E-state index is 13.8. The first kappa shape index (κ1) is 13.0. The van der Waals surface area contributed by atoms with Crippen LogP contribution in [0, 0.1) is 11.6 Å². The Morgan fingerprint density at radius 3 is 2.22 bits per heavy atom. The van der Waals surface area contributed by atoms with E-state index in [1.54, 1.807) is 0 Å². The molecule has 1 aliphatic rings. The predicted molar refractivity (Wildman–Crippen MR) is 66.8 cm³/mol. The van der Waals surface area contributed by atoms with Crippen LogP contribution in [0.15, 0.2) is 12.1 Å². The van der Waals surface area contributed by atoms with Crippen molar-refractivity contribution in [2.75, 3.05) is 18.0 Å². The Balaban J connectivity index is 2.26. The molecule has 0 radical (unpaired) electrons. The summed E-state index contributed by atoms with van der Waals surface area (Å²) in [6.45, 7) is 3.01. The summed E-state index contributed by atoms with van der Waals surface area (Å²) in [7, 11) is 0. The minimum atomic E-state index is -0.620. The lowest BCUT2D eigenvalue weighted by molar-refractivity contribution is -0.116. The molecule has 1 heterocycles. The first-order valence-corrected chi connectivity index (χ1v) is 6.30. The molecule has 1 aliphatic heterocycles. The number of rotatable bonds is 3. The summed E-state index contributed by atoms with van der Waals surface area (Å²) in [6, 6.07) is 2.68. The van der Waals surface area contributed by atoms with Crippen molar-refractivity contribution < 1.29 is 13.6 Å². The fourth-order valence-corrected chi connectivity index (χ4v) is 2.34. The van der Waals surface area contributed by atoms with Gasteiger partial charge in [-0.25, -0.2) is 8.78 Å². The van der Waals surface area contributed by atoms with Crippen molar-refractivity contribution in [3.63, 3.8) is 0 Å². The molecule has 0 atom stereocenters. The Morgan fingerprint density at radius 2 is 1.72 bits per heavy atom. The van der Waals surface area contributed by atoms with Crippen LogP contribution in [0.4, 0.5) is 14.5 Å². The first-order chi connectivity index (χ1) is 8.58. The quantitative estimate of drug-likeness (QED) is 0.825. The molecule has 2 rings (SSSR count). The minimum Gasteiger partial charge on any atom is -0.371 e. The number of carbonyl (C=O) groups excluding carboxylic acids is 1. The number of Topliss-reactive ketones (excluding diaryl/α,β-unsaturated/α-hetero) is 1. The standard InChI is InChI=1S/C14H17F2NO/c1-10(18)7-12-13(15)8-11(9-14(12)16)17-5-3-2-4-6-17/h8-9H,2-7H2,1H3. The van der Waals surface area contributed by atoms with Crippen LogP contribution in [0.2, 0.25) is 0 Å². The van der Waals surface area contributed by atoms with Crippen molar-refractivity contribution in [2.24, 2.45) is 0 Å². The van der Waals surface area contributed by atoms with Crippen molar-refractivity contribution in [3.05, 3.63) is 29.3 Å². The lowest BCUT2D eigenvalue weighted by Gasteiger charge is -2.29. The molecule has 0 bridgehead atoms. The van der Waals surface area contributed by atoms with Gasteiger partial charge in [0, 0.05) is 30.8 Å². The molecule has 4 heteroatoms. The molecular weight excluding hydrogens is 236 g/mol. The number of benzene rings is 1. The van der Waals surface area contributed by atoms with E-state index in [9.17, 15) is 13.6 Å². The number of nitrogens with zero attached hydrogens (tertiary/aromatic N) is 1. The number of halogens is 2. The zero-order valence-electron chi connectivity index (χ0n) is 10.5. The van der Waals surface area contributed by atoms with E-state index in [4.69, 9.17) is 0 Å². The van der Waals surface area contributed by atoms with E-state index in [0.717, 1.165) is 25.9 Å². The normalized spacial score (nSPS) is 15.8. The van der Waals surface area contributed by atoms with E-state index < -0.39 is 11.6 Å². The van der Waals surface area contributed by atoms with Gasteiger partial charge in [-0.3, -0.25) is 4.79 Å². The highest BCUT2D eigenvalue weighted by Gasteiger charge is 2.17. The number of ketones is 1. The van der Waals surface area contributed by atoms with Crippen molar-refractivity contribution in [1.29, 1.82) is 0 Å². The highest BCUT2D eigenvalue weighted by molar-refractivity contribution is 5.78. The second kappa shape index (κ2) is 5.46. The lowest BCUT2D eigenvalue weighted by Crippen LogP contribution is -2.29. The van der Waals surface area contributed by atoms with E-state index in [-0.39, 0.29) is 17.8 Å². The zero-order chi connectivity index (χ0) is 13.1. The Kier molecular flexibility index (Phi) is 3.94. The summed E-state index contributed by atoms with van der Waals surface area (Å²) in [5.74, 6) is -1.48. The van der Waals surface area contributed by atoms with Crippen LogP contribution in [0.1, 0.15) is 31.7 Å². The van der Waals surface area contributed by atoms with Gasteiger partial charge in [-0.2, -0.15) is 0 Å². The average molecular weight is 253 g/mol. The van der Waals surface area contributed by atoms with Gasteiger partial charge in [-0.1, -0.05) is 0 Å². The molecular formula is C14H17F2NO. The van der Waals surface area contributed by atoms with E-state index in [2.05, 4.69) is 0 Å². The van der Waals surface area contributed by atoms with Gasteiger partial charge in [0.05, 0.1) is 0 Å². The molecule has 0 N–H and O–H groups in total. The number of anilines is 1. The molecule has 0 spiro atoms. The molecule has 1 aromatic rings. The molecule has 1 saturated heterocycles. The van der Waals surface area contributed by atoms with Crippen molar-refractivity contribution in [3.8, 4) is 0 Å². The monoisotopic (exact) mass is 253 g/mol. The summed E-state index contributed by atoms with van der Waals surface area (Å²) < 4.78 is 27.6. The minimum absolute atomic E-state index is 0.122. The molecule has 2 nitrogen and oxygen atoms in total. The van der Waals surface area contributed by atoms with Gasteiger partial charge in [0.2, 0.25) is 0 Å². The van der Waals surface area contributed by atoms with Crippen LogP contribution < -0.4 is 4.90 Å². The molecule has 1 aromatic carbocycles. The lowest BCUT2D eigenvalue weighted by atomic mass is 10.1. The van der Waals surface area contributed by atoms with E-state index in [0.29, 0.717) is 5.69 Å². The van der Waals surface area contributed by atoms with E-state index in [1.807, 2.05) is 4.90 Å². The van der Waals surface area contributed by atoms with Crippen molar-refractivity contribution in [1.82, 2.24) is 0 Å². The maximum Gasteiger partial charge on any atom is 0.134 e. The zero-order valence-corrected chi connectivity index (χ0v) is 10.5. The summed E-state index contributed by atoms with van der Waals surface area (Å²) in [4.78, 5) is 13.0.